The quantitative estimate of drug-likeness (QED) is 0.256. The molecule has 144 valence electrons. The summed E-state index contributed by atoms with van der Waals surface area (Å²) in [5.41, 5.74) is 1.68. The lowest BCUT2D eigenvalue weighted by atomic mass is 9.98. The third-order valence-corrected chi connectivity index (χ3v) is 3.72. The molecule has 0 atom stereocenters. The largest absolute Gasteiger partial charge is 0.490 e. The summed E-state index contributed by atoms with van der Waals surface area (Å²) in [5.74, 6) is 0.466. The van der Waals surface area contributed by atoms with Gasteiger partial charge in [-0.2, -0.15) is 0 Å². The maximum atomic E-state index is 13.7. The highest BCUT2D eigenvalue weighted by Gasteiger charge is 2.14. The number of halogens is 1. The average Bonchev–Trinajstić information content (AvgIpc) is 2.65. The van der Waals surface area contributed by atoms with Crippen molar-refractivity contribution < 1.29 is 23.5 Å². The number of nitrogens with zero attached hydrogens (tertiary/aromatic N) is 1. The van der Waals surface area contributed by atoms with Crippen molar-refractivity contribution >= 4 is 6.08 Å². The summed E-state index contributed by atoms with van der Waals surface area (Å²) in [7, 11) is 1.50. The zero-order chi connectivity index (χ0) is 19.6. The predicted molar refractivity (Wildman–Crippen MR) is 101 cm³/mol. The smallest absolute Gasteiger partial charge is 0.235 e. The Labute approximate surface area is 157 Å². The first-order valence-corrected chi connectivity index (χ1v) is 8.55. The molecule has 0 aliphatic heterocycles. The van der Waals surface area contributed by atoms with Gasteiger partial charge < -0.3 is 14.2 Å². The van der Waals surface area contributed by atoms with E-state index in [-0.39, 0.29) is 6.79 Å². The van der Waals surface area contributed by atoms with Crippen LogP contribution >= 0.6 is 0 Å². The van der Waals surface area contributed by atoms with Crippen molar-refractivity contribution in [1.82, 2.24) is 0 Å². The second kappa shape index (κ2) is 10.3. The summed E-state index contributed by atoms with van der Waals surface area (Å²) in [6.07, 6.45) is 4.01. The minimum absolute atomic E-state index is 0.0107. The first kappa shape index (κ1) is 20.4. The van der Waals surface area contributed by atoms with E-state index in [2.05, 4.69) is 0 Å². The first-order valence-electron chi connectivity index (χ1n) is 8.55. The van der Waals surface area contributed by atoms with Gasteiger partial charge in [-0.3, -0.25) is 10.1 Å². The molecule has 2 aromatic carbocycles. The fourth-order valence-corrected chi connectivity index (χ4v) is 2.44. The Balaban J connectivity index is 2.54. The van der Waals surface area contributed by atoms with E-state index in [1.165, 1.54) is 25.3 Å². The number of unbranched alkanes of at least 4 members (excludes halogenated alkanes) is 1. The molecule has 0 amide bonds. The van der Waals surface area contributed by atoms with Crippen LogP contribution in [0.15, 0.2) is 42.6 Å². The Kier molecular flexibility index (Phi) is 7.76. The molecule has 0 aliphatic rings. The standard InChI is InChI=1S/C20H22FNO5/c1-3-4-10-26-19-12-16(8-9-22(23)24)18(13-20(19)27-14-25-2)15-6-5-7-17(21)11-15/h5-9,11-13H,3-4,10,14H2,1-2H3/b9-8+. The van der Waals surface area contributed by atoms with Crippen molar-refractivity contribution in [1.29, 1.82) is 0 Å². The Morgan fingerprint density at radius 2 is 1.96 bits per heavy atom. The molecule has 0 fully saturated rings. The van der Waals surface area contributed by atoms with E-state index in [1.54, 1.807) is 24.3 Å². The Hall–Kier alpha value is -2.93. The van der Waals surface area contributed by atoms with Gasteiger partial charge in [0.2, 0.25) is 6.20 Å². The molecule has 27 heavy (non-hydrogen) atoms. The number of hydrogen-bond acceptors (Lipinski definition) is 5. The predicted octanol–water partition coefficient (Wildman–Crippen LogP) is 4.90. The normalized spacial score (nSPS) is 10.9. The molecule has 0 aliphatic carbocycles. The third-order valence-electron chi connectivity index (χ3n) is 3.72. The summed E-state index contributed by atoms with van der Waals surface area (Å²) >= 11 is 0. The Bertz CT molecular complexity index is 807. The van der Waals surface area contributed by atoms with Gasteiger partial charge in [0.1, 0.15) is 5.82 Å². The van der Waals surface area contributed by atoms with Gasteiger partial charge in [0.25, 0.3) is 0 Å². The number of hydrogen-bond donors (Lipinski definition) is 0. The topological polar surface area (TPSA) is 70.8 Å². The van der Waals surface area contributed by atoms with E-state index in [0.29, 0.717) is 34.8 Å². The summed E-state index contributed by atoms with van der Waals surface area (Å²) in [6, 6.07) is 9.32. The zero-order valence-electron chi connectivity index (χ0n) is 15.3. The molecule has 6 nitrogen and oxygen atoms in total. The third kappa shape index (κ3) is 6.07. The van der Waals surface area contributed by atoms with Crippen LogP contribution in [0.5, 0.6) is 11.5 Å². The van der Waals surface area contributed by atoms with Gasteiger partial charge in [0, 0.05) is 13.2 Å². The molecule has 7 heteroatoms. The molecule has 2 rings (SSSR count). The molecule has 0 N–H and O–H groups in total. The van der Waals surface area contributed by atoms with Crippen LogP contribution in [0.2, 0.25) is 0 Å². The van der Waals surface area contributed by atoms with Gasteiger partial charge >= 0.3 is 0 Å². The van der Waals surface area contributed by atoms with Crippen molar-refractivity contribution in [2.75, 3.05) is 20.5 Å². The lowest BCUT2D eigenvalue weighted by molar-refractivity contribution is -0.400. The van der Waals surface area contributed by atoms with Gasteiger partial charge in [0.15, 0.2) is 18.3 Å². The van der Waals surface area contributed by atoms with Crippen LogP contribution in [0.3, 0.4) is 0 Å². The number of rotatable bonds is 10. The first-order chi connectivity index (χ1) is 13.0. The highest BCUT2D eigenvalue weighted by atomic mass is 19.1. The second-order valence-electron chi connectivity index (χ2n) is 5.75. The molecular weight excluding hydrogens is 353 g/mol. The summed E-state index contributed by atoms with van der Waals surface area (Å²) in [5, 5.41) is 10.8. The fraction of sp³-hybridized carbons (Fsp3) is 0.300. The Morgan fingerprint density at radius 1 is 1.19 bits per heavy atom. The van der Waals surface area contributed by atoms with Gasteiger partial charge in [-0.1, -0.05) is 25.5 Å². The van der Waals surface area contributed by atoms with E-state index in [4.69, 9.17) is 14.2 Å². The van der Waals surface area contributed by atoms with Crippen LogP contribution in [0.1, 0.15) is 25.3 Å². The molecule has 0 spiro atoms. The van der Waals surface area contributed by atoms with Crippen LogP contribution in [-0.4, -0.2) is 25.4 Å². The lowest BCUT2D eigenvalue weighted by Crippen LogP contribution is -2.04. The van der Waals surface area contributed by atoms with Gasteiger partial charge in [-0.25, -0.2) is 4.39 Å². The molecule has 0 saturated heterocycles. The Morgan fingerprint density at radius 3 is 2.63 bits per heavy atom. The summed E-state index contributed by atoms with van der Waals surface area (Å²) < 4.78 is 30.0. The highest BCUT2D eigenvalue weighted by molar-refractivity contribution is 5.78. The number of methoxy groups -OCH3 is 1. The summed E-state index contributed by atoms with van der Waals surface area (Å²) in [4.78, 5) is 10.2. The van der Waals surface area contributed by atoms with Crippen LogP contribution in [0, 0.1) is 15.9 Å². The second-order valence-corrected chi connectivity index (χ2v) is 5.75. The highest BCUT2D eigenvalue weighted by Crippen LogP contribution is 2.37. The van der Waals surface area contributed by atoms with Gasteiger partial charge in [0.05, 0.1) is 11.5 Å². The van der Waals surface area contributed by atoms with Crippen molar-refractivity contribution in [2.24, 2.45) is 0 Å². The molecule has 0 bridgehead atoms. The van der Waals surface area contributed by atoms with E-state index in [1.807, 2.05) is 6.92 Å². The summed E-state index contributed by atoms with van der Waals surface area (Å²) in [6.45, 7) is 2.54. The van der Waals surface area contributed by atoms with Crippen molar-refractivity contribution in [3.63, 3.8) is 0 Å². The van der Waals surface area contributed by atoms with Crippen LogP contribution in [0.4, 0.5) is 4.39 Å². The van der Waals surface area contributed by atoms with Crippen molar-refractivity contribution in [3.8, 4) is 22.6 Å². The molecular formula is C20H22FNO5. The average molecular weight is 375 g/mol. The minimum atomic E-state index is -0.553. The molecule has 0 radical (unpaired) electrons. The SMILES string of the molecule is CCCCOc1cc(/C=C/[N+](=O)[O-])c(-c2cccc(F)c2)cc1OCOC. The number of nitro groups is 1. The fourth-order valence-electron chi connectivity index (χ4n) is 2.44. The van der Waals surface area contributed by atoms with Gasteiger partial charge in [-0.05, 0) is 47.4 Å². The maximum Gasteiger partial charge on any atom is 0.235 e. The molecule has 0 aromatic heterocycles. The van der Waals surface area contributed by atoms with Gasteiger partial charge in [-0.15, -0.1) is 0 Å². The van der Waals surface area contributed by atoms with E-state index in [0.717, 1.165) is 19.0 Å². The molecule has 0 heterocycles. The zero-order valence-corrected chi connectivity index (χ0v) is 15.3. The molecule has 0 saturated carbocycles. The molecule has 2 aromatic rings. The monoisotopic (exact) mass is 375 g/mol. The van der Waals surface area contributed by atoms with Crippen LogP contribution in [-0.2, 0) is 4.74 Å². The minimum Gasteiger partial charge on any atom is -0.490 e. The van der Waals surface area contributed by atoms with E-state index < -0.39 is 10.7 Å². The van der Waals surface area contributed by atoms with E-state index in [9.17, 15) is 14.5 Å². The van der Waals surface area contributed by atoms with Crippen molar-refractivity contribution in [2.45, 2.75) is 19.8 Å². The molecule has 0 unspecified atom stereocenters. The van der Waals surface area contributed by atoms with Crippen molar-refractivity contribution in [3.05, 3.63) is 64.1 Å². The van der Waals surface area contributed by atoms with E-state index >= 15 is 0 Å². The van der Waals surface area contributed by atoms with Crippen LogP contribution < -0.4 is 9.47 Å². The number of ether oxygens (including phenoxy) is 3. The maximum absolute atomic E-state index is 13.7. The lowest BCUT2D eigenvalue weighted by Gasteiger charge is -2.16. The van der Waals surface area contributed by atoms with Crippen LogP contribution in [0.25, 0.3) is 17.2 Å². The number of benzene rings is 2.